The van der Waals surface area contributed by atoms with Gasteiger partial charge in [-0.05, 0) is 0 Å². The largest absolute Gasteiger partial charge is 0.475 e. The second kappa shape index (κ2) is 8.90. The zero-order valence-electron chi connectivity index (χ0n) is 16.7. The molecule has 140 valence electrons. The molecular weight excluding hydrogens is 317 g/mol. The molecule has 0 unspecified atom stereocenters. The monoisotopic (exact) mass is 356 g/mol. The number of quaternary nitrogens is 3. The first kappa shape index (κ1) is 23.0. The molecule has 0 aliphatic rings. The summed E-state index contributed by atoms with van der Waals surface area (Å²) < 4.78 is 31.5. The van der Waals surface area contributed by atoms with Gasteiger partial charge < -0.3 is 13.4 Å². The number of hydrogen-bond acceptors (Lipinski definition) is 4. The minimum Gasteiger partial charge on any atom is -0.329 e. The summed E-state index contributed by atoms with van der Waals surface area (Å²) in [5, 5.41) is 0. The van der Waals surface area contributed by atoms with Gasteiger partial charge in [-0.1, -0.05) is 0 Å². The molecule has 23 heavy (non-hydrogen) atoms. The highest BCUT2D eigenvalue weighted by Gasteiger charge is 2.29. The van der Waals surface area contributed by atoms with Crippen LogP contribution in [0.25, 0.3) is 0 Å². The van der Waals surface area contributed by atoms with E-state index >= 15 is 0 Å². The predicted molar refractivity (Wildman–Crippen MR) is 94.2 cm³/mol. The van der Waals surface area contributed by atoms with Crippen LogP contribution in [0, 0.1) is 0 Å². The van der Waals surface area contributed by atoms with Crippen molar-refractivity contribution in [1.82, 2.24) is 0 Å². The molecule has 0 radical (unpaired) electrons. The van der Waals surface area contributed by atoms with E-state index in [0.29, 0.717) is 19.8 Å². The molecule has 7 nitrogen and oxygen atoms in total. The van der Waals surface area contributed by atoms with Crippen LogP contribution in [-0.4, -0.2) is 116 Å². The number of nitrogens with zero attached hydrogens (tertiary/aromatic N) is 3. The molecule has 0 amide bonds. The summed E-state index contributed by atoms with van der Waals surface area (Å²) in [6, 6.07) is 0. The van der Waals surface area contributed by atoms with Crippen molar-refractivity contribution in [2.75, 3.05) is 103 Å². The van der Waals surface area contributed by atoms with Gasteiger partial charge in [-0.15, -0.1) is 0 Å². The van der Waals surface area contributed by atoms with E-state index in [2.05, 4.69) is 63.4 Å². The number of rotatable bonds is 12. The lowest BCUT2D eigenvalue weighted by Crippen LogP contribution is -2.39. The third kappa shape index (κ3) is 15.3. The molecule has 0 saturated carbocycles. The van der Waals surface area contributed by atoms with Crippen LogP contribution in [-0.2, 0) is 18.1 Å². The lowest BCUT2D eigenvalue weighted by atomic mass is 10.5. The third-order valence-electron chi connectivity index (χ3n) is 3.03. The van der Waals surface area contributed by atoms with Crippen LogP contribution < -0.4 is 0 Å². The van der Waals surface area contributed by atoms with Crippen molar-refractivity contribution in [3.63, 3.8) is 0 Å². The molecule has 0 heterocycles. The fourth-order valence-electron chi connectivity index (χ4n) is 1.39. The average Bonchev–Trinajstić information content (AvgIpc) is 2.22. The Bertz CT molecular complexity index is 327. The average molecular weight is 356 g/mol. The molecule has 0 atom stereocenters. The summed E-state index contributed by atoms with van der Waals surface area (Å²) in [6.45, 7) is 3.24. The minimum absolute atomic E-state index is 0.343. The lowest BCUT2D eigenvalue weighted by Gasteiger charge is -2.27. The molecule has 0 aromatic carbocycles. The van der Waals surface area contributed by atoms with Crippen molar-refractivity contribution in [3.8, 4) is 0 Å². The van der Waals surface area contributed by atoms with Crippen LogP contribution in [0.4, 0.5) is 0 Å². The van der Waals surface area contributed by atoms with Crippen LogP contribution in [0.15, 0.2) is 0 Å². The Balaban J connectivity index is 4.53. The van der Waals surface area contributed by atoms with E-state index in [9.17, 15) is 4.57 Å². The first-order chi connectivity index (χ1) is 10.1. The highest BCUT2D eigenvalue weighted by atomic mass is 31.2. The van der Waals surface area contributed by atoms with Crippen molar-refractivity contribution in [3.05, 3.63) is 0 Å². The van der Waals surface area contributed by atoms with Gasteiger partial charge in [-0.2, -0.15) is 0 Å². The van der Waals surface area contributed by atoms with Crippen LogP contribution >= 0.6 is 7.82 Å². The number of hydrogen-bond donors (Lipinski definition) is 0. The summed E-state index contributed by atoms with van der Waals surface area (Å²) in [4.78, 5) is 0. The van der Waals surface area contributed by atoms with Crippen molar-refractivity contribution in [2.24, 2.45) is 0 Å². The predicted octanol–water partition coefficient (Wildman–Crippen LogP) is 1.26. The van der Waals surface area contributed by atoms with Gasteiger partial charge in [0.25, 0.3) is 0 Å². The Kier molecular flexibility index (Phi) is 8.90. The van der Waals surface area contributed by atoms with Crippen LogP contribution in [0.5, 0.6) is 0 Å². The lowest BCUT2D eigenvalue weighted by molar-refractivity contribution is -0.871. The van der Waals surface area contributed by atoms with Crippen molar-refractivity contribution in [2.45, 2.75) is 0 Å². The second-order valence-corrected chi connectivity index (χ2v) is 10.7. The zero-order chi connectivity index (χ0) is 18.4. The van der Waals surface area contributed by atoms with Gasteiger partial charge in [0.1, 0.15) is 39.5 Å². The zero-order valence-corrected chi connectivity index (χ0v) is 17.6. The van der Waals surface area contributed by atoms with Crippen LogP contribution in [0.2, 0.25) is 0 Å². The Labute approximate surface area is 143 Å². The fourth-order valence-corrected chi connectivity index (χ4v) is 2.53. The van der Waals surface area contributed by atoms with E-state index in [4.69, 9.17) is 13.6 Å². The highest BCUT2D eigenvalue weighted by Crippen LogP contribution is 2.49. The van der Waals surface area contributed by atoms with Gasteiger partial charge >= 0.3 is 7.82 Å². The van der Waals surface area contributed by atoms with Crippen LogP contribution in [0.3, 0.4) is 0 Å². The van der Waals surface area contributed by atoms with Gasteiger partial charge in [-0.25, -0.2) is 4.57 Å². The van der Waals surface area contributed by atoms with E-state index in [1.165, 1.54) is 0 Å². The number of phosphoric ester groups is 1. The Morgan fingerprint density at radius 3 is 0.957 bits per heavy atom. The first-order valence-corrected chi connectivity index (χ1v) is 9.53. The maximum absolute atomic E-state index is 12.8. The molecule has 0 aliphatic carbocycles. The fraction of sp³-hybridized carbons (Fsp3) is 1.00. The summed E-state index contributed by atoms with van der Waals surface area (Å²) in [5.41, 5.74) is 0. The van der Waals surface area contributed by atoms with Gasteiger partial charge in [0.2, 0.25) is 0 Å². The van der Waals surface area contributed by atoms with Gasteiger partial charge in [0.15, 0.2) is 0 Å². The Morgan fingerprint density at radius 2 is 0.783 bits per heavy atom. The maximum atomic E-state index is 12.8. The normalized spacial score (nSPS) is 14.3. The molecule has 0 spiro atoms. The quantitative estimate of drug-likeness (QED) is 0.390. The molecular formula is C15H39N3O4P+3. The standard InChI is InChI=1S/C15H39N3O4P/c1-16(2,3)10-13-20-23(19,21-14-11-17(4,5)6)22-15-12-18(7,8)9/h10-15H2,1-9H3/q+3. The van der Waals surface area contributed by atoms with E-state index in [1.807, 2.05) is 0 Å². The van der Waals surface area contributed by atoms with Crippen molar-refractivity contribution < 1.29 is 31.6 Å². The molecule has 0 rings (SSSR count). The molecule has 0 fully saturated rings. The van der Waals surface area contributed by atoms with E-state index in [1.54, 1.807) is 0 Å². The summed E-state index contributed by atoms with van der Waals surface area (Å²) in [7, 11) is 15.0. The molecule has 8 heteroatoms. The maximum Gasteiger partial charge on any atom is 0.475 e. The topological polar surface area (TPSA) is 44.8 Å². The smallest absolute Gasteiger partial charge is 0.329 e. The van der Waals surface area contributed by atoms with E-state index in [-0.39, 0.29) is 0 Å². The summed E-state index contributed by atoms with van der Waals surface area (Å²) in [5.74, 6) is 0. The third-order valence-corrected chi connectivity index (χ3v) is 4.53. The first-order valence-electron chi connectivity index (χ1n) is 8.07. The molecule has 0 aliphatic heterocycles. The number of phosphoric acid groups is 1. The molecule has 0 saturated heterocycles. The summed E-state index contributed by atoms with van der Waals surface area (Å²) in [6.07, 6.45) is 0. The van der Waals surface area contributed by atoms with Gasteiger partial charge in [-0.3, -0.25) is 13.6 Å². The molecule has 0 aromatic rings. The van der Waals surface area contributed by atoms with E-state index in [0.717, 1.165) is 33.1 Å². The second-order valence-electron chi connectivity index (χ2n) is 8.99. The molecule has 0 aromatic heterocycles. The Hall–Kier alpha value is -0.0100. The number of likely N-dealkylation sites (N-methyl/N-ethyl adjacent to an activating group) is 3. The summed E-state index contributed by atoms with van der Waals surface area (Å²) >= 11 is 0. The Morgan fingerprint density at radius 1 is 0.565 bits per heavy atom. The van der Waals surface area contributed by atoms with E-state index < -0.39 is 7.82 Å². The minimum atomic E-state index is -3.51. The van der Waals surface area contributed by atoms with Crippen molar-refractivity contribution in [1.29, 1.82) is 0 Å². The van der Waals surface area contributed by atoms with Gasteiger partial charge in [0, 0.05) is 0 Å². The van der Waals surface area contributed by atoms with Crippen LogP contribution in [0.1, 0.15) is 0 Å². The SMILES string of the molecule is C[N+](C)(C)CCOP(=O)(OCC[N+](C)(C)C)OCC[N+](C)(C)C. The van der Waals surface area contributed by atoms with Crippen molar-refractivity contribution >= 4 is 7.82 Å². The molecule has 0 bridgehead atoms. The molecule has 0 N–H and O–H groups in total. The highest BCUT2D eigenvalue weighted by molar-refractivity contribution is 7.48. The van der Waals surface area contributed by atoms with Gasteiger partial charge in [0.05, 0.1) is 63.4 Å².